The van der Waals surface area contributed by atoms with Crippen LogP contribution in [0.15, 0.2) is 42.6 Å². The zero-order valence-electron chi connectivity index (χ0n) is 8.15. The van der Waals surface area contributed by atoms with Gasteiger partial charge >= 0.3 is 0 Å². The van der Waals surface area contributed by atoms with Crippen molar-refractivity contribution in [1.82, 2.24) is 4.98 Å². The molecule has 2 aromatic rings. The summed E-state index contributed by atoms with van der Waals surface area (Å²) in [6.45, 7) is 0. The molecular weight excluding hydrogens is 208 g/mol. The highest BCUT2D eigenvalue weighted by Gasteiger charge is 2.02. The molecule has 0 aliphatic rings. The van der Waals surface area contributed by atoms with Crippen molar-refractivity contribution in [3.05, 3.63) is 48.2 Å². The maximum absolute atomic E-state index is 5.77. The van der Waals surface area contributed by atoms with E-state index in [2.05, 4.69) is 4.98 Å². The van der Waals surface area contributed by atoms with Crippen LogP contribution in [0.4, 0.5) is 5.82 Å². The van der Waals surface area contributed by atoms with Crippen LogP contribution in [0.1, 0.15) is 5.56 Å². The summed E-state index contributed by atoms with van der Waals surface area (Å²) >= 11 is 5.77. The molecule has 0 aliphatic carbocycles. The molecule has 0 amide bonds. The Kier molecular flexibility index (Phi) is 2.88. The number of hydrogen-bond donors (Lipinski definition) is 1. The normalized spacial score (nSPS) is 10.2. The molecule has 2 N–H and O–H groups in total. The predicted molar refractivity (Wildman–Crippen MR) is 63.6 cm³/mol. The van der Waals surface area contributed by atoms with E-state index in [1.807, 2.05) is 36.4 Å². The summed E-state index contributed by atoms with van der Waals surface area (Å²) in [5.74, 6) is 0.893. The van der Waals surface area contributed by atoms with Gasteiger partial charge in [0.2, 0.25) is 0 Å². The lowest BCUT2D eigenvalue weighted by molar-refractivity contribution is 1.26. The van der Waals surface area contributed by atoms with Crippen LogP contribution in [0.25, 0.3) is 11.1 Å². The molecule has 1 heterocycles. The van der Waals surface area contributed by atoms with E-state index < -0.39 is 0 Å². The minimum absolute atomic E-state index is 0.388. The van der Waals surface area contributed by atoms with Crippen molar-refractivity contribution in [2.45, 2.75) is 5.88 Å². The van der Waals surface area contributed by atoms with Gasteiger partial charge in [0.15, 0.2) is 0 Å². The number of anilines is 1. The molecule has 0 aliphatic heterocycles. The number of nitrogen functional groups attached to an aromatic ring is 1. The standard InChI is InChI=1S/C12H11ClN2/c13-7-10-6-11(8-15-12(10)14)9-4-2-1-3-5-9/h1-6,8H,7H2,(H2,14,15). The van der Waals surface area contributed by atoms with Gasteiger partial charge in [0.25, 0.3) is 0 Å². The zero-order chi connectivity index (χ0) is 10.7. The number of pyridine rings is 1. The van der Waals surface area contributed by atoms with Crippen molar-refractivity contribution < 1.29 is 0 Å². The molecule has 0 spiro atoms. The minimum atomic E-state index is 0.388. The van der Waals surface area contributed by atoms with Crippen LogP contribution in [0.5, 0.6) is 0 Å². The Morgan fingerprint density at radius 3 is 2.53 bits per heavy atom. The van der Waals surface area contributed by atoms with Gasteiger partial charge in [-0.05, 0) is 11.6 Å². The Hall–Kier alpha value is -1.54. The Balaban J connectivity index is 2.46. The van der Waals surface area contributed by atoms with E-state index in [1.54, 1.807) is 6.20 Å². The van der Waals surface area contributed by atoms with Gasteiger partial charge < -0.3 is 5.73 Å². The smallest absolute Gasteiger partial charge is 0.127 e. The highest BCUT2D eigenvalue weighted by Crippen LogP contribution is 2.22. The molecule has 0 fully saturated rings. The number of nitrogens with zero attached hydrogens (tertiary/aromatic N) is 1. The van der Waals surface area contributed by atoms with E-state index in [-0.39, 0.29) is 0 Å². The molecule has 0 saturated heterocycles. The lowest BCUT2D eigenvalue weighted by Crippen LogP contribution is -1.96. The topological polar surface area (TPSA) is 38.9 Å². The van der Waals surface area contributed by atoms with Crippen LogP contribution in [0.2, 0.25) is 0 Å². The average molecular weight is 219 g/mol. The van der Waals surface area contributed by atoms with Gasteiger partial charge in [0.05, 0.1) is 5.88 Å². The summed E-state index contributed by atoms with van der Waals surface area (Å²) in [6, 6.07) is 12.0. The van der Waals surface area contributed by atoms with Gasteiger partial charge in [-0.1, -0.05) is 30.3 Å². The number of hydrogen-bond acceptors (Lipinski definition) is 2. The second kappa shape index (κ2) is 4.32. The lowest BCUT2D eigenvalue weighted by Gasteiger charge is -2.05. The molecule has 3 heteroatoms. The van der Waals surface area contributed by atoms with Crippen molar-refractivity contribution >= 4 is 17.4 Å². The van der Waals surface area contributed by atoms with E-state index in [0.29, 0.717) is 11.7 Å². The van der Waals surface area contributed by atoms with Crippen molar-refractivity contribution in [3.63, 3.8) is 0 Å². The summed E-state index contributed by atoms with van der Waals surface area (Å²) in [7, 11) is 0. The summed E-state index contributed by atoms with van der Waals surface area (Å²) in [5, 5.41) is 0. The van der Waals surface area contributed by atoms with Gasteiger partial charge in [-0.25, -0.2) is 4.98 Å². The largest absolute Gasteiger partial charge is 0.383 e. The summed E-state index contributed by atoms with van der Waals surface area (Å²) in [4.78, 5) is 4.12. The number of aromatic nitrogens is 1. The van der Waals surface area contributed by atoms with Gasteiger partial charge in [-0.3, -0.25) is 0 Å². The fourth-order valence-electron chi connectivity index (χ4n) is 1.42. The van der Waals surface area contributed by atoms with Crippen molar-refractivity contribution in [1.29, 1.82) is 0 Å². The van der Waals surface area contributed by atoms with Gasteiger partial charge in [-0.2, -0.15) is 0 Å². The molecule has 0 bridgehead atoms. The van der Waals surface area contributed by atoms with Crippen LogP contribution in [0.3, 0.4) is 0 Å². The maximum Gasteiger partial charge on any atom is 0.127 e. The first-order valence-electron chi connectivity index (χ1n) is 4.67. The molecule has 0 radical (unpaired) electrons. The maximum atomic E-state index is 5.77. The Bertz CT molecular complexity index is 454. The quantitative estimate of drug-likeness (QED) is 0.787. The number of rotatable bonds is 2. The molecule has 15 heavy (non-hydrogen) atoms. The molecule has 2 nitrogen and oxygen atoms in total. The number of nitrogens with two attached hydrogens (primary N) is 1. The van der Waals surface area contributed by atoms with Crippen LogP contribution in [0, 0.1) is 0 Å². The van der Waals surface area contributed by atoms with E-state index >= 15 is 0 Å². The molecule has 0 unspecified atom stereocenters. The summed E-state index contributed by atoms with van der Waals surface area (Å²) in [5.41, 5.74) is 8.72. The van der Waals surface area contributed by atoms with Crippen molar-refractivity contribution in [3.8, 4) is 11.1 Å². The Morgan fingerprint density at radius 2 is 1.87 bits per heavy atom. The molecular formula is C12H11ClN2. The predicted octanol–water partition coefficient (Wildman–Crippen LogP) is 3.07. The third-order valence-electron chi connectivity index (χ3n) is 2.25. The van der Waals surface area contributed by atoms with Crippen LogP contribution >= 0.6 is 11.6 Å². The van der Waals surface area contributed by atoms with E-state index in [9.17, 15) is 0 Å². The molecule has 1 aromatic carbocycles. The van der Waals surface area contributed by atoms with E-state index in [1.165, 1.54) is 0 Å². The molecule has 0 atom stereocenters. The highest BCUT2D eigenvalue weighted by molar-refractivity contribution is 6.17. The van der Waals surface area contributed by atoms with Gasteiger partial charge in [0, 0.05) is 17.3 Å². The van der Waals surface area contributed by atoms with Gasteiger partial charge in [0.1, 0.15) is 5.82 Å². The van der Waals surface area contributed by atoms with Crippen LogP contribution < -0.4 is 5.73 Å². The van der Waals surface area contributed by atoms with E-state index in [4.69, 9.17) is 17.3 Å². The SMILES string of the molecule is Nc1ncc(-c2ccccc2)cc1CCl. The second-order valence-electron chi connectivity index (χ2n) is 3.27. The fourth-order valence-corrected chi connectivity index (χ4v) is 1.63. The number of halogens is 1. The third-order valence-corrected chi connectivity index (χ3v) is 2.54. The number of benzene rings is 1. The highest BCUT2D eigenvalue weighted by atomic mass is 35.5. The monoisotopic (exact) mass is 218 g/mol. The zero-order valence-corrected chi connectivity index (χ0v) is 8.91. The summed E-state index contributed by atoms with van der Waals surface area (Å²) < 4.78 is 0. The van der Waals surface area contributed by atoms with Crippen LogP contribution in [-0.4, -0.2) is 4.98 Å². The first-order valence-corrected chi connectivity index (χ1v) is 5.20. The summed E-state index contributed by atoms with van der Waals surface area (Å²) in [6.07, 6.45) is 1.76. The third kappa shape index (κ3) is 2.10. The lowest BCUT2D eigenvalue weighted by atomic mass is 10.1. The molecule has 2 rings (SSSR count). The first-order chi connectivity index (χ1) is 7.31. The fraction of sp³-hybridized carbons (Fsp3) is 0.0833. The molecule has 0 saturated carbocycles. The average Bonchev–Trinajstić information content (AvgIpc) is 2.31. The second-order valence-corrected chi connectivity index (χ2v) is 3.54. The van der Waals surface area contributed by atoms with E-state index in [0.717, 1.165) is 16.7 Å². The minimum Gasteiger partial charge on any atom is -0.383 e. The van der Waals surface area contributed by atoms with Crippen LogP contribution in [-0.2, 0) is 5.88 Å². The Labute approximate surface area is 93.7 Å². The Morgan fingerprint density at radius 1 is 1.13 bits per heavy atom. The molecule has 1 aromatic heterocycles. The van der Waals surface area contributed by atoms with Gasteiger partial charge in [-0.15, -0.1) is 11.6 Å². The molecule has 76 valence electrons. The van der Waals surface area contributed by atoms with Crippen molar-refractivity contribution in [2.75, 3.05) is 5.73 Å². The van der Waals surface area contributed by atoms with Crippen molar-refractivity contribution in [2.24, 2.45) is 0 Å². The number of alkyl halides is 1. The first kappa shape index (κ1) is 9.99.